The van der Waals surface area contributed by atoms with Crippen LogP contribution in [0.4, 0.5) is 5.69 Å². The highest BCUT2D eigenvalue weighted by atomic mass is 32.2. The molecule has 0 atom stereocenters. The van der Waals surface area contributed by atoms with Gasteiger partial charge in [0, 0.05) is 22.4 Å². The molecule has 4 nitrogen and oxygen atoms in total. The molecule has 0 aliphatic rings. The molecule has 4 rings (SSSR count). The molecule has 0 saturated carbocycles. The SMILES string of the molecule is Cn1cnc2cc(C(=O)Nc3ccccc3Sc3ccccc3)ccc21. The zero-order valence-electron chi connectivity index (χ0n) is 14.2. The molecule has 0 spiro atoms. The van der Waals surface area contributed by atoms with Gasteiger partial charge >= 0.3 is 0 Å². The van der Waals surface area contributed by atoms with Crippen molar-refractivity contribution in [2.45, 2.75) is 9.79 Å². The maximum Gasteiger partial charge on any atom is 0.255 e. The van der Waals surface area contributed by atoms with Crippen LogP contribution in [-0.2, 0) is 7.05 Å². The Morgan fingerprint density at radius 2 is 1.77 bits per heavy atom. The number of nitrogens with zero attached hydrogens (tertiary/aromatic N) is 2. The minimum Gasteiger partial charge on any atom is -0.334 e. The molecule has 0 saturated heterocycles. The molecule has 26 heavy (non-hydrogen) atoms. The number of aryl methyl sites for hydroxylation is 1. The van der Waals surface area contributed by atoms with Gasteiger partial charge in [-0.25, -0.2) is 4.98 Å². The summed E-state index contributed by atoms with van der Waals surface area (Å²) in [5.74, 6) is -0.140. The topological polar surface area (TPSA) is 46.9 Å². The lowest BCUT2D eigenvalue weighted by Crippen LogP contribution is -2.12. The number of carbonyl (C=O) groups excluding carboxylic acids is 1. The van der Waals surface area contributed by atoms with E-state index < -0.39 is 0 Å². The van der Waals surface area contributed by atoms with E-state index in [2.05, 4.69) is 22.4 Å². The summed E-state index contributed by atoms with van der Waals surface area (Å²) in [6, 6.07) is 23.5. The van der Waals surface area contributed by atoms with Crippen LogP contribution >= 0.6 is 11.8 Å². The summed E-state index contributed by atoms with van der Waals surface area (Å²) in [6.45, 7) is 0. The van der Waals surface area contributed by atoms with Gasteiger partial charge in [-0.2, -0.15) is 0 Å². The van der Waals surface area contributed by atoms with Crippen molar-refractivity contribution in [1.29, 1.82) is 0 Å². The molecule has 5 heteroatoms. The first-order valence-corrected chi connectivity index (χ1v) is 9.07. The number of imidazole rings is 1. The number of carbonyl (C=O) groups is 1. The fraction of sp³-hybridized carbons (Fsp3) is 0.0476. The Hall–Kier alpha value is -3.05. The van der Waals surface area contributed by atoms with Crippen molar-refractivity contribution in [2.75, 3.05) is 5.32 Å². The molecular weight excluding hydrogens is 342 g/mol. The van der Waals surface area contributed by atoms with Gasteiger partial charge in [0.25, 0.3) is 5.91 Å². The van der Waals surface area contributed by atoms with Gasteiger partial charge in [-0.15, -0.1) is 0 Å². The maximum absolute atomic E-state index is 12.7. The van der Waals surface area contributed by atoms with Gasteiger partial charge in [-0.05, 0) is 42.5 Å². The summed E-state index contributed by atoms with van der Waals surface area (Å²) in [5, 5.41) is 3.02. The molecule has 0 radical (unpaired) electrons. The highest BCUT2D eigenvalue weighted by Crippen LogP contribution is 2.33. The number of aromatic nitrogens is 2. The Morgan fingerprint density at radius 3 is 2.62 bits per heavy atom. The van der Waals surface area contributed by atoms with E-state index in [-0.39, 0.29) is 5.91 Å². The number of anilines is 1. The summed E-state index contributed by atoms with van der Waals surface area (Å²) in [6.07, 6.45) is 1.75. The van der Waals surface area contributed by atoms with Crippen LogP contribution < -0.4 is 5.32 Å². The molecule has 1 aromatic heterocycles. The second kappa shape index (κ2) is 7.06. The summed E-state index contributed by atoms with van der Waals surface area (Å²) >= 11 is 1.63. The monoisotopic (exact) mass is 359 g/mol. The van der Waals surface area contributed by atoms with E-state index in [0.29, 0.717) is 5.56 Å². The van der Waals surface area contributed by atoms with Gasteiger partial charge < -0.3 is 9.88 Å². The van der Waals surface area contributed by atoms with Crippen molar-refractivity contribution in [1.82, 2.24) is 9.55 Å². The minimum atomic E-state index is -0.140. The van der Waals surface area contributed by atoms with Gasteiger partial charge in [0.2, 0.25) is 0 Å². The van der Waals surface area contributed by atoms with Gasteiger partial charge in [-0.3, -0.25) is 4.79 Å². The zero-order valence-corrected chi connectivity index (χ0v) is 15.0. The number of rotatable bonds is 4. The molecule has 0 aliphatic carbocycles. The lowest BCUT2D eigenvalue weighted by molar-refractivity contribution is 0.102. The van der Waals surface area contributed by atoms with Crippen LogP contribution in [0.1, 0.15) is 10.4 Å². The molecule has 0 unspecified atom stereocenters. The van der Waals surface area contributed by atoms with E-state index in [1.54, 1.807) is 18.1 Å². The van der Waals surface area contributed by atoms with Gasteiger partial charge in [0.1, 0.15) is 0 Å². The molecular formula is C21H17N3OS. The second-order valence-corrected chi connectivity index (χ2v) is 7.04. The third-order valence-corrected chi connectivity index (χ3v) is 5.18. The predicted octanol–water partition coefficient (Wildman–Crippen LogP) is 4.98. The van der Waals surface area contributed by atoms with Gasteiger partial charge in [0.15, 0.2) is 0 Å². The fourth-order valence-corrected chi connectivity index (χ4v) is 3.67. The number of amides is 1. The smallest absolute Gasteiger partial charge is 0.255 e. The Bertz CT molecular complexity index is 1070. The van der Waals surface area contributed by atoms with Crippen LogP contribution in [0, 0.1) is 0 Å². The summed E-state index contributed by atoms with van der Waals surface area (Å²) in [7, 11) is 1.94. The molecule has 4 aromatic rings. The molecule has 0 aliphatic heterocycles. The van der Waals surface area contributed by atoms with E-state index in [1.807, 2.05) is 72.3 Å². The Kier molecular flexibility index (Phi) is 4.46. The normalized spacial score (nSPS) is 10.8. The van der Waals surface area contributed by atoms with E-state index in [4.69, 9.17) is 0 Å². The van der Waals surface area contributed by atoms with Crippen LogP contribution in [0.25, 0.3) is 11.0 Å². The number of benzene rings is 3. The molecule has 3 aromatic carbocycles. The van der Waals surface area contributed by atoms with E-state index >= 15 is 0 Å². The number of fused-ring (bicyclic) bond motifs is 1. The van der Waals surface area contributed by atoms with Crippen LogP contribution in [0.3, 0.4) is 0 Å². The molecule has 128 valence electrons. The Morgan fingerprint density at radius 1 is 1.00 bits per heavy atom. The lowest BCUT2D eigenvalue weighted by atomic mass is 10.2. The van der Waals surface area contributed by atoms with Crippen molar-refractivity contribution in [2.24, 2.45) is 7.05 Å². The van der Waals surface area contributed by atoms with E-state index in [9.17, 15) is 4.79 Å². The van der Waals surface area contributed by atoms with Crippen LogP contribution in [0.5, 0.6) is 0 Å². The largest absolute Gasteiger partial charge is 0.334 e. The average molecular weight is 359 g/mol. The second-order valence-electron chi connectivity index (χ2n) is 5.92. The summed E-state index contributed by atoms with van der Waals surface area (Å²) < 4.78 is 1.93. The van der Waals surface area contributed by atoms with E-state index in [0.717, 1.165) is 26.5 Å². The number of hydrogen-bond donors (Lipinski definition) is 1. The van der Waals surface area contributed by atoms with Crippen molar-refractivity contribution in [3.63, 3.8) is 0 Å². The first-order chi connectivity index (χ1) is 12.7. The van der Waals surface area contributed by atoms with Crippen molar-refractivity contribution >= 4 is 34.4 Å². The quantitative estimate of drug-likeness (QED) is 0.559. The third kappa shape index (κ3) is 3.34. The summed E-state index contributed by atoms with van der Waals surface area (Å²) in [4.78, 5) is 19.2. The average Bonchev–Trinajstić information content (AvgIpc) is 3.04. The van der Waals surface area contributed by atoms with Crippen LogP contribution in [-0.4, -0.2) is 15.5 Å². The molecule has 0 fully saturated rings. The van der Waals surface area contributed by atoms with Crippen LogP contribution in [0.15, 0.2) is 88.9 Å². The standard InChI is InChI=1S/C21H17N3OS/c1-24-14-22-18-13-15(11-12-19(18)24)21(25)23-17-9-5-6-10-20(17)26-16-7-3-2-4-8-16/h2-14H,1H3,(H,23,25). The van der Waals surface area contributed by atoms with Crippen molar-refractivity contribution in [3.8, 4) is 0 Å². The maximum atomic E-state index is 12.7. The number of hydrogen-bond acceptors (Lipinski definition) is 3. The highest BCUT2D eigenvalue weighted by molar-refractivity contribution is 7.99. The lowest BCUT2D eigenvalue weighted by Gasteiger charge is -2.11. The molecule has 1 amide bonds. The summed E-state index contributed by atoms with van der Waals surface area (Å²) in [5.41, 5.74) is 3.21. The van der Waals surface area contributed by atoms with Crippen LogP contribution in [0.2, 0.25) is 0 Å². The minimum absolute atomic E-state index is 0.140. The van der Waals surface area contributed by atoms with Crippen molar-refractivity contribution < 1.29 is 4.79 Å². The Balaban J connectivity index is 1.59. The first kappa shape index (κ1) is 16.4. The first-order valence-electron chi connectivity index (χ1n) is 8.25. The molecule has 1 heterocycles. The number of nitrogens with one attached hydrogen (secondary N) is 1. The predicted molar refractivity (Wildman–Crippen MR) is 106 cm³/mol. The molecule has 0 bridgehead atoms. The van der Waals surface area contributed by atoms with Gasteiger partial charge in [-0.1, -0.05) is 42.1 Å². The molecule has 1 N–H and O–H groups in total. The highest BCUT2D eigenvalue weighted by Gasteiger charge is 2.11. The van der Waals surface area contributed by atoms with Crippen molar-refractivity contribution in [3.05, 3.63) is 84.7 Å². The zero-order chi connectivity index (χ0) is 17.9. The Labute approximate surface area is 155 Å². The third-order valence-electron chi connectivity index (χ3n) is 4.09. The number of para-hydroxylation sites is 1. The van der Waals surface area contributed by atoms with Gasteiger partial charge in [0.05, 0.1) is 23.0 Å². The van der Waals surface area contributed by atoms with E-state index in [1.165, 1.54) is 0 Å². The fourth-order valence-electron chi connectivity index (χ4n) is 2.75.